The van der Waals surface area contributed by atoms with Crippen LogP contribution in [-0.4, -0.2) is 30.4 Å². The molecule has 0 radical (unpaired) electrons. The van der Waals surface area contributed by atoms with Gasteiger partial charge in [-0.05, 0) is 18.5 Å². The van der Waals surface area contributed by atoms with Crippen LogP contribution in [0.4, 0.5) is 0 Å². The maximum Gasteiger partial charge on any atom is 0.222 e. The van der Waals surface area contributed by atoms with E-state index in [1.54, 1.807) is 0 Å². The van der Waals surface area contributed by atoms with Crippen LogP contribution in [0.5, 0.6) is 0 Å². The van der Waals surface area contributed by atoms with E-state index in [4.69, 9.17) is 5.73 Å². The van der Waals surface area contributed by atoms with E-state index < -0.39 is 0 Å². The van der Waals surface area contributed by atoms with Crippen molar-refractivity contribution < 1.29 is 4.79 Å². The maximum atomic E-state index is 11.6. The van der Waals surface area contributed by atoms with E-state index in [0.29, 0.717) is 18.9 Å². The molecule has 1 aromatic rings. The van der Waals surface area contributed by atoms with Crippen molar-refractivity contribution in [2.24, 2.45) is 11.7 Å². The summed E-state index contributed by atoms with van der Waals surface area (Å²) < 4.78 is 0. The van der Waals surface area contributed by atoms with Crippen molar-refractivity contribution in [1.82, 2.24) is 4.90 Å². The molecule has 0 aromatic heterocycles. The number of nitrogens with two attached hydrogens (primary N) is 1. The molecule has 0 bridgehead atoms. The minimum absolute atomic E-state index is 0.219. The Morgan fingerprint density at radius 3 is 2.69 bits per heavy atom. The van der Waals surface area contributed by atoms with Gasteiger partial charge in [0, 0.05) is 25.4 Å². The van der Waals surface area contributed by atoms with Crippen LogP contribution in [0.15, 0.2) is 30.3 Å². The lowest BCUT2D eigenvalue weighted by atomic mass is 9.94. The molecule has 0 aliphatic carbocycles. The zero-order chi connectivity index (χ0) is 11.5. The average Bonchev–Trinajstić information content (AvgIpc) is 2.58. The van der Waals surface area contributed by atoms with E-state index in [9.17, 15) is 4.79 Å². The molecule has 16 heavy (non-hydrogen) atoms. The van der Waals surface area contributed by atoms with Crippen LogP contribution in [0.1, 0.15) is 12.0 Å². The smallest absolute Gasteiger partial charge is 0.222 e. The van der Waals surface area contributed by atoms with E-state index >= 15 is 0 Å². The molecule has 2 unspecified atom stereocenters. The fraction of sp³-hybridized carbons (Fsp3) is 0.462. The minimum atomic E-state index is 0.219. The van der Waals surface area contributed by atoms with Gasteiger partial charge in [-0.2, -0.15) is 0 Å². The summed E-state index contributed by atoms with van der Waals surface area (Å²) in [5.74, 6) is 0.522. The second kappa shape index (κ2) is 4.66. The van der Waals surface area contributed by atoms with Crippen molar-refractivity contribution in [2.45, 2.75) is 18.9 Å². The third-order valence-electron chi connectivity index (χ3n) is 3.46. The number of carbonyl (C=O) groups excluding carboxylic acids is 1. The van der Waals surface area contributed by atoms with Crippen LogP contribution < -0.4 is 5.73 Å². The molecule has 2 atom stereocenters. The predicted molar refractivity (Wildman–Crippen MR) is 63.9 cm³/mol. The summed E-state index contributed by atoms with van der Waals surface area (Å²) in [5.41, 5.74) is 6.99. The number of likely N-dealkylation sites (N-methyl/N-ethyl adjacent to an activating group) is 1. The van der Waals surface area contributed by atoms with Crippen LogP contribution in [0.3, 0.4) is 0 Å². The highest BCUT2D eigenvalue weighted by molar-refractivity contribution is 5.79. The number of carbonyl (C=O) groups is 1. The largest absolute Gasteiger partial charge is 0.342 e. The molecule has 1 aromatic carbocycles. The molecule has 1 amide bonds. The molecule has 1 fully saturated rings. The second-order valence-electron chi connectivity index (χ2n) is 4.46. The summed E-state index contributed by atoms with van der Waals surface area (Å²) in [6.07, 6.45) is 1.51. The van der Waals surface area contributed by atoms with E-state index in [1.165, 1.54) is 5.56 Å². The lowest BCUT2D eigenvalue weighted by molar-refractivity contribution is -0.127. The highest BCUT2D eigenvalue weighted by Crippen LogP contribution is 2.26. The fourth-order valence-electron chi connectivity index (χ4n) is 2.41. The molecule has 0 saturated carbocycles. The molecule has 1 aliphatic heterocycles. The zero-order valence-electron chi connectivity index (χ0n) is 9.60. The van der Waals surface area contributed by atoms with Gasteiger partial charge >= 0.3 is 0 Å². The molecule has 3 nitrogen and oxygen atoms in total. The quantitative estimate of drug-likeness (QED) is 0.823. The van der Waals surface area contributed by atoms with Crippen LogP contribution in [-0.2, 0) is 11.2 Å². The third-order valence-corrected chi connectivity index (χ3v) is 3.46. The molecule has 3 heteroatoms. The summed E-state index contributed by atoms with van der Waals surface area (Å²) in [4.78, 5) is 13.5. The summed E-state index contributed by atoms with van der Waals surface area (Å²) in [7, 11) is 1.88. The molecular weight excluding hydrogens is 200 g/mol. The normalized spacial score (nSPS) is 25.1. The van der Waals surface area contributed by atoms with Crippen LogP contribution in [0.2, 0.25) is 0 Å². The first-order chi connectivity index (χ1) is 7.72. The number of nitrogens with zero attached hydrogens (tertiary/aromatic N) is 1. The van der Waals surface area contributed by atoms with Crippen LogP contribution in [0.25, 0.3) is 0 Å². The first-order valence-electron chi connectivity index (χ1n) is 5.72. The minimum Gasteiger partial charge on any atom is -0.342 e. The molecular formula is C13H18N2O. The van der Waals surface area contributed by atoms with Gasteiger partial charge in [0.2, 0.25) is 5.91 Å². The van der Waals surface area contributed by atoms with E-state index in [2.05, 4.69) is 12.1 Å². The van der Waals surface area contributed by atoms with E-state index in [1.807, 2.05) is 30.1 Å². The first kappa shape index (κ1) is 11.1. The van der Waals surface area contributed by atoms with Crippen molar-refractivity contribution >= 4 is 5.91 Å². The Hall–Kier alpha value is -1.35. The fourth-order valence-corrected chi connectivity index (χ4v) is 2.41. The van der Waals surface area contributed by atoms with Gasteiger partial charge in [0.1, 0.15) is 0 Å². The van der Waals surface area contributed by atoms with Gasteiger partial charge in [0.05, 0.1) is 0 Å². The van der Waals surface area contributed by atoms with Gasteiger partial charge in [-0.1, -0.05) is 30.3 Å². The topological polar surface area (TPSA) is 46.3 Å². The highest BCUT2D eigenvalue weighted by Gasteiger charge is 2.36. The van der Waals surface area contributed by atoms with Gasteiger partial charge in [-0.15, -0.1) is 0 Å². The molecule has 1 aliphatic rings. The van der Waals surface area contributed by atoms with Crippen molar-refractivity contribution in [3.63, 3.8) is 0 Å². The lowest BCUT2D eigenvalue weighted by Gasteiger charge is -2.24. The maximum absolute atomic E-state index is 11.6. The Morgan fingerprint density at radius 2 is 2.06 bits per heavy atom. The second-order valence-corrected chi connectivity index (χ2v) is 4.46. The third kappa shape index (κ3) is 2.09. The van der Waals surface area contributed by atoms with E-state index in [-0.39, 0.29) is 11.9 Å². The van der Waals surface area contributed by atoms with Crippen molar-refractivity contribution in [1.29, 1.82) is 0 Å². The number of likely N-dealkylation sites (tertiary alicyclic amines) is 1. The highest BCUT2D eigenvalue weighted by atomic mass is 16.2. The van der Waals surface area contributed by atoms with Gasteiger partial charge in [0.25, 0.3) is 0 Å². The van der Waals surface area contributed by atoms with Crippen molar-refractivity contribution in [3.8, 4) is 0 Å². The van der Waals surface area contributed by atoms with E-state index in [0.717, 1.165) is 6.42 Å². The standard InChI is InChI=1S/C13H18N2O/c1-15-12(11(9-14)8-13(15)16)7-10-5-3-2-4-6-10/h2-6,11-12H,7-9,14H2,1H3. The Bertz CT molecular complexity index is 363. The van der Waals surface area contributed by atoms with Gasteiger partial charge < -0.3 is 10.6 Å². The van der Waals surface area contributed by atoms with Gasteiger partial charge in [-0.25, -0.2) is 0 Å². The lowest BCUT2D eigenvalue weighted by Crippen LogP contribution is -2.35. The van der Waals surface area contributed by atoms with Crippen LogP contribution >= 0.6 is 0 Å². The summed E-state index contributed by atoms with van der Waals surface area (Å²) in [6, 6.07) is 10.5. The number of amides is 1. The average molecular weight is 218 g/mol. The number of hydrogen-bond donors (Lipinski definition) is 1. The monoisotopic (exact) mass is 218 g/mol. The van der Waals surface area contributed by atoms with Crippen molar-refractivity contribution in [2.75, 3.05) is 13.6 Å². The van der Waals surface area contributed by atoms with Crippen molar-refractivity contribution in [3.05, 3.63) is 35.9 Å². The predicted octanol–water partition coefficient (Wildman–Crippen LogP) is 1.03. The first-order valence-corrected chi connectivity index (χ1v) is 5.72. The summed E-state index contributed by atoms with van der Waals surface area (Å²) in [6.45, 7) is 0.591. The molecule has 2 N–H and O–H groups in total. The van der Waals surface area contributed by atoms with Gasteiger partial charge in [-0.3, -0.25) is 4.79 Å². The molecule has 1 heterocycles. The number of rotatable bonds is 3. The number of benzene rings is 1. The summed E-state index contributed by atoms with van der Waals surface area (Å²) >= 11 is 0. The zero-order valence-corrected chi connectivity index (χ0v) is 9.60. The Morgan fingerprint density at radius 1 is 1.38 bits per heavy atom. The Labute approximate surface area is 96.2 Å². The molecule has 86 valence electrons. The molecule has 0 spiro atoms. The number of hydrogen-bond acceptors (Lipinski definition) is 2. The van der Waals surface area contributed by atoms with Gasteiger partial charge in [0.15, 0.2) is 0 Å². The molecule has 2 rings (SSSR count). The van der Waals surface area contributed by atoms with Crippen LogP contribution in [0, 0.1) is 5.92 Å². The Kier molecular flexibility index (Phi) is 3.25. The SMILES string of the molecule is CN1C(=O)CC(CN)C1Cc1ccccc1. The Balaban J connectivity index is 2.11. The summed E-state index contributed by atoms with van der Waals surface area (Å²) in [5, 5.41) is 0. The molecule has 1 saturated heterocycles.